The lowest BCUT2D eigenvalue weighted by Crippen LogP contribution is -2.49. The van der Waals surface area contributed by atoms with Crippen molar-refractivity contribution in [1.29, 1.82) is 0 Å². The van der Waals surface area contributed by atoms with E-state index in [1.54, 1.807) is 5.57 Å². The normalized spacial score (nSPS) is 39.9. The first-order valence-corrected chi connectivity index (χ1v) is 11.9. The Bertz CT molecular complexity index is 789. The summed E-state index contributed by atoms with van der Waals surface area (Å²) < 4.78 is 0. The van der Waals surface area contributed by atoms with Crippen LogP contribution < -0.4 is 4.90 Å². The first-order chi connectivity index (χ1) is 13.4. The maximum Gasteiger partial charge on any atom is 0.0437 e. The molecule has 3 fully saturated rings. The average molecular weight is 378 g/mol. The topological polar surface area (TPSA) is 3.24 Å². The average Bonchev–Trinajstić information content (AvgIpc) is 3.09. The summed E-state index contributed by atoms with van der Waals surface area (Å²) >= 11 is 0. The molecule has 5 atom stereocenters. The maximum atomic E-state index is 2.67. The second-order valence-corrected chi connectivity index (χ2v) is 11.1. The maximum absolute atomic E-state index is 2.67. The van der Waals surface area contributed by atoms with Crippen LogP contribution in [0.1, 0.15) is 83.6 Å². The summed E-state index contributed by atoms with van der Waals surface area (Å²) in [7, 11) is 4.40. The van der Waals surface area contributed by atoms with Gasteiger partial charge in [0.05, 0.1) is 0 Å². The summed E-state index contributed by atoms with van der Waals surface area (Å²) in [6.07, 6.45) is 14.4. The molecule has 0 aliphatic heterocycles. The highest BCUT2D eigenvalue weighted by molar-refractivity contribution is 5.80. The monoisotopic (exact) mass is 377 g/mol. The molecule has 152 valence electrons. The van der Waals surface area contributed by atoms with Crippen molar-refractivity contribution in [3.05, 3.63) is 35.4 Å². The molecular formula is C27H39N. The van der Waals surface area contributed by atoms with Crippen LogP contribution >= 0.6 is 0 Å². The summed E-state index contributed by atoms with van der Waals surface area (Å²) in [5.41, 5.74) is 7.64. The largest absolute Gasteiger partial charge is 0.377 e. The van der Waals surface area contributed by atoms with Gasteiger partial charge in [-0.15, -0.1) is 0 Å². The Morgan fingerprint density at radius 1 is 0.857 bits per heavy atom. The van der Waals surface area contributed by atoms with Gasteiger partial charge in [-0.3, -0.25) is 0 Å². The van der Waals surface area contributed by atoms with Crippen molar-refractivity contribution in [1.82, 2.24) is 0 Å². The van der Waals surface area contributed by atoms with Crippen LogP contribution in [0.15, 0.2) is 29.8 Å². The van der Waals surface area contributed by atoms with Crippen LogP contribution in [0.4, 0.5) is 5.69 Å². The van der Waals surface area contributed by atoms with E-state index in [0.717, 1.165) is 17.8 Å². The van der Waals surface area contributed by atoms with Gasteiger partial charge in [0.1, 0.15) is 0 Å². The number of allylic oxidation sites excluding steroid dienone is 2. The Hall–Kier alpha value is -1.24. The molecule has 4 aliphatic rings. The molecule has 28 heavy (non-hydrogen) atoms. The lowest BCUT2D eigenvalue weighted by Gasteiger charge is -2.58. The van der Waals surface area contributed by atoms with Crippen LogP contribution in [-0.2, 0) is 0 Å². The summed E-state index contributed by atoms with van der Waals surface area (Å²) in [6, 6.07) is 9.15. The molecule has 0 radical (unpaired) electrons. The predicted molar refractivity (Wildman–Crippen MR) is 121 cm³/mol. The van der Waals surface area contributed by atoms with Crippen LogP contribution in [-0.4, -0.2) is 14.1 Å². The zero-order valence-electron chi connectivity index (χ0n) is 18.6. The Balaban J connectivity index is 1.57. The fourth-order valence-corrected chi connectivity index (χ4v) is 8.33. The molecule has 0 aromatic heterocycles. The van der Waals surface area contributed by atoms with Gasteiger partial charge in [0.15, 0.2) is 0 Å². The van der Waals surface area contributed by atoms with Gasteiger partial charge >= 0.3 is 0 Å². The van der Waals surface area contributed by atoms with Crippen LogP contribution in [0.3, 0.4) is 0 Å². The molecule has 5 rings (SSSR count). The Morgan fingerprint density at radius 3 is 2.50 bits per heavy atom. The van der Waals surface area contributed by atoms with Crippen LogP contribution in [0.25, 0.3) is 5.57 Å². The predicted octanol–water partition coefficient (Wildman–Crippen LogP) is 7.32. The van der Waals surface area contributed by atoms with E-state index in [-0.39, 0.29) is 0 Å². The standard InChI is InChI=1S/C27H39N/c1-26-16-8-11-22(26)21-13-14-23-19(20-9-5-6-12-25(20)28(3)4)10-7-17-27(23,2)24(21)15-18-26/h5-6,9,12,21-22,24H,7-8,10-11,13-18H2,1-4H3/t21-,22-,24-,26-,27-/m0/s1. The lowest BCUT2D eigenvalue weighted by atomic mass is 9.47. The van der Waals surface area contributed by atoms with Crippen molar-refractivity contribution in [3.63, 3.8) is 0 Å². The fraction of sp³-hybridized carbons (Fsp3) is 0.704. The minimum absolute atomic E-state index is 0.458. The number of anilines is 1. The van der Waals surface area contributed by atoms with Crippen LogP contribution in [0, 0.1) is 28.6 Å². The van der Waals surface area contributed by atoms with Crippen molar-refractivity contribution < 1.29 is 0 Å². The van der Waals surface area contributed by atoms with E-state index in [0.29, 0.717) is 10.8 Å². The van der Waals surface area contributed by atoms with Gasteiger partial charge in [-0.05, 0) is 98.0 Å². The highest BCUT2D eigenvalue weighted by Gasteiger charge is 2.56. The Morgan fingerprint density at radius 2 is 1.68 bits per heavy atom. The van der Waals surface area contributed by atoms with E-state index in [4.69, 9.17) is 0 Å². The minimum atomic E-state index is 0.458. The van der Waals surface area contributed by atoms with Crippen LogP contribution in [0.2, 0.25) is 0 Å². The van der Waals surface area contributed by atoms with Crippen molar-refractivity contribution in [2.24, 2.45) is 28.6 Å². The van der Waals surface area contributed by atoms with Gasteiger partial charge in [-0.2, -0.15) is 0 Å². The molecule has 3 saturated carbocycles. The number of fused-ring (bicyclic) bond motifs is 5. The summed E-state index contributed by atoms with van der Waals surface area (Å²) in [4.78, 5) is 2.31. The van der Waals surface area contributed by atoms with Crippen molar-refractivity contribution in [2.75, 3.05) is 19.0 Å². The second-order valence-electron chi connectivity index (χ2n) is 11.1. The third kappa shape index (κ3) is 2.64. The molecule has 4 aliphatic carbocycles. The molecule has 1 aromatic carbocycles. The first-order valence-electron chi connectivity index (χ1n) is 11.9. The molecule has 0 heterocycles. The molecule has 0 spiro atoms. The Labute approximate surface area is 172 Å². The van der Waals surface area contributed by atoms with Crippen molar-refractivity contribution >= 4 is 11.3 Å². The lowest BCUT2D eigenvalue weighted by molar-refractivity contribution is -0.0353. The van der Waals surface area contributed by atoms with E-state index < -0.39 is 0 Å². The third-order valence-corrected chi connectivity index (χ3v) is 9.65. The SMILES string of the molecule is CN(C)c1ccccc1C1=C2CC[C@H]3[C@@H]4CCC[C@@]4(C)CC[C@@H]3[C@@]2(C)CCC1. The number of hydrogen-bond donors (Lipinski definition) is 0. The highest BCUT2D eigenvalue weighted by atomic mass is 15.1. The van der Waals surface area contributed by atoms with Crippen LogP contribution in [0.5, 0.6) is 0 Å². The zero-order valence-corrected chi connectivity index (χ0v) is 18.6. The van der Waals surface area contributed by atoms with E-state index >= 15 is 0 Å². The number of nitrogens with zero attached hydrogens (tertiary/aromatic N) is 1. The van der Waals surface area contributed by atoms with Gasteiger partial charge in [-0.1, -0.05) is 44.0 Å². The molecular weight excluding hydrogens is 338 g/mol. The summed E-state index contributed by atoms with van der Waals surface area (Å²) in [6.45, 7) is 5.31. The van der Waals surface area contributed by atoms with Gasteiger partial charge in [-0.25, -0.2) is 0 Å². The number of rotatable bonds is 2. The van der Waals surface area contributed by atoms with Crippen molar-refractivity contribution in [2.45, 2.75) is 78.1 Å². The number of hydrogen-bond acceptors (Lipinski definition) is 1. The minimum Gasteiger partial charge on any atom is -0.377 e. The van der Waals surface area contributed by atoms with E-state index in [1.165, 1.54) is 75.5 Å². The van der Waals surface area contributed by atoms with E-state index in [1.807, 2.05) is 5.57 Å². The third-order valence-electron chi connectivity index (χ3n) is 9.65. The van der Waals surface area contributed by atoms with Gasteiger partial charge in [0.2, 0.25) is 0 Å². The summed E-state index contributed by atoms with van der Waals surface area (Å²) in [5, 5.41) is 0. The molecule has 1 nitrogen and oxygen atoms in total. The number of benzene rings is 1. The quantitative estimate of drug-likeness (QED) is 0.522. The van der Waals surface area contributed by atoms with E-state index in [2.05, 4.69) is 57.1 Å². The second kappa shape index (κ2) is 6.64. The van der Waals surface area contributed by atoms with E-state index in [9.17, 15) is 0 Å². The molecule has 0 unspecified atom stereocenters. The highest BCUT2D eigenvalue weighted by Crippen LogP contribution is 2.66. The molecule has 0 amide bonds. The Kier molecular flexibility index (Phi) is 4.45. The molecule has 1 heteroatoms. The molecule has 0 bridgehead atoms. The smallest absolute Gasteiger partial charge is 0.0437 e. The zero-order chi connectivity index (χ0) is 19.5. The molecule has 0 N–H and O–H groups in total. The van der Waals surface area contributed by atoms with Gasteiger partial charge in [0.25, 0.3) is 0 Å². The number of para-hydroxylation sites is 1. The first kappa shape index (κ1) is 18.8. The summed E-state index contributed by atoms with van der Waals surface area (Å²) in [5.74, 6) is 2.96. The van der Waals surface area contributed by atoms with Gasteiger partial charge in [0, 0.05) is 25.3 Å². The van der Waals surface area contributed by atoms with Crippen molar-refractivity contribution in [3.8, 4) is 0 Å². The van der Waals surface area contributed by atoms with Gasteiger partial charge < -0.3 is 4.90 Å². The molecule has 1 aromatic rings. The molecule has 0 saturated heterocycles. The fourth-order valence-electron chi connectivity index (χ4n) is 8.33.